The minimum atomic E-state index is -1.14. The monoisotopic (exact) mass is 578 g/mol. The Balaban J connectivity index is 0.00000301. The lowest BCUT2D eigenvalue weighted by Gasteiger charge is -2.30. The second-order valence-electron chi connectivity index (χ2n) is 12.9. The second-order valence-corrected chi connectivity index (χ2v) is 12.9. The number of hydrogen-bond acceptors (Lipinski definition) is 5. The lowest BCUT2D eigenvalue weighted by Crippen LogP contribution is -2.43. The maximum absolute atomic E-state index is 13.1. The van der Waals surface area contributed by atoms with Gasteiger partial charge in [-0.15, -0.1) is 0 Å². The first kappa shape index (κ1) is 35.1. The van der Waals surface area contributed by atoms with E-state index in [1.54, 1.807) is 19.9 Å². The number of benzene rings is 2. The smallest absolute Gasteiger partial charge is 0.350 e. The van der Waals surface area contributed by atoms with Crippen LogP contribution in [0, 0.1) is 33.6 Å². The second kappa shape index (κ2) is 15.4. The van der Waals surface area contributed by atoms with Crippen molar-refractivity contribution in [2.45, 2.75) is 126 Å². The average molecular weight is 579 g/mol. The average Bonchev–Trinajstić information content (AvgIpc) is 2.91. The number of esters is 1. The lowest BCUT2D eigenvalue weighted by atomic mass is 9.87. The molecule has 2 aromatic rings. The number of carbonyl (C=O) groups excluding carboxylic acids is 2. The summed E-state index contributed by atoms with van der Waals surface area (Å²) in [5.74, 6) is 1.85. The van der Waals surface area contributed by atoms with Crippen LogP contribution >= 0.6 is 0 Å². The fraction of sp³-hybridized carbons (Fsp3) is 0.568. The van der Waals surface area contributed by atoms with Gasteiger partial charge < -0.3 is 14.2 Å². The summed E-state index contributed by atoms with van der Waals surface area (Å²) in [7, 11) is 0. The zero-order valence-electron chi connectivity index (χ0n) is 28.0. The molecule has 0 radical (unpaired) electrons. The Morgan fingerprint density at radius 2 is 1.33 bits per heavy atom. The van der Waals surface area contributed by atoms with E-state index in [9.17, 15) is 9.59 Å². The molecular weight excluding hydrogens is 524 g/mol. The van der Waals surface area contributed by atoms with Crippen molar-refractivity contribution in [1.29, 1.82) is 0 Å². The van der Waals surface area contributed by atoms with Crippen molar-refractivity contribution >= 4 is 17.8 Å². The van der Waals surface area contributed by atoms with E-state index in [1.807, 2.05) is 92.7 Å². The van der Waals surface area contributed by atoms with Gasteiger partial charge in [-0.1, -0.05) is 52.0 Å². The SMILES string of the molecule is CC.Cc1cc(C(=O)/C=C/c2cc(C)c(OC(C)(C)C(=O)OC(C)(C)C)c(C)c2)cc(C)c1OCCC1CCCCC1. The molecule has 0 aromatic heterocycles. The molecule has 0 unspecified atom stereocenters. The van der Waals surface area contributed by atoms with Crippen LogP contribution in [0.25, 0.3) is 6.08 Å². The fourth-order valence-corrected chi connectivity index (χ4v) is 5.33. The Morgan fingerprint density at radius 3 is 1.86 bits per heavy atom. The fourth-order valence-electron chi connectivity index (χ4n) is 5.33. The van der Waals surface area contributed by atoms with Gasteiger partial charge in [0, 0.05) is 5.56 Å². The molecule has 232 valence electrons. The van der Waals surface area contributed by atoms with Gasteiger partial charge >= 0.3 is 5.97 Å². The molecule has 0 N–H and O–H groups in total. The van der Waals surface area contributed by atoms with E-state index < -0.39 is 17.2 Å². The van der Waals surface area contributed by atoms with Gasteiger partial charge in [0.2, 0.25) is 0 Å². The van der Waals surface area contributed by atoms with Gasteiger partial charge in [0.1, 0.15) is 17.1 Å². The van der Waals surface area contributed by atoms with Crippen molar-refractivity contribution in [2.24, 2.45) is 5.92 Å². The van der Waals surface area contributed by atoms with Crippen molar-refractivity contribution in [3.63, 3.8) is 0 Å². The molecule has 0 bridgehead atoms. The van der Waals surface area contributed by atoms with E-state index in [-0.39, 0.29) is 5.78 Å². The van der Waals surface area contributed by atoms with Gasteiger partial charge in [-0.2, -0.15) is 0 Å². The van der Waals surface area contributed by atoms with Crippen molar-refractivity contribution in [3.05, 3.63) is 63.7 Å². The van der Waals surface area contributed by atoms with E-state index in [0.29, 0.717) is 11.3 Å². The molecular formula is C37H54O5. The van der Waals surface area contributed by atoms with E-state index >= 15 is 0 Å². The number of hydrogen-bond donors (Lipinski definition) is 0. The van der Waals surface area contributed by atoms with Gasteiger partial charge in [0.25, 0.3) is 0 Å². The zero-order chi connectivity index (χ0) is 31.7. The van der Waals surface area contributed by atoms with E-state index in [2.05, 4.69) is 0 Å². The Labute approximate surface area is 255 Å². The first-order chi connectivity index (χ1) is 19.7. The molecule has 0 aliphatic heterocycles. The van der Waals surface area contributed by atoms with Gasteiger partial charge in [-0.05, 0) is 133 Å². The van der Waals surface area contributed by atoms with Crippen LogP contribution < -0.4 is 9.47 Å². The van der Waals surface area contributed by atoms with Crippen molar-refractivity contribution in [3.8, 4) is 11.5 Å². The van der Waals surface area contributed by atoms with Crippen LogP contribution in [0.2, 0.25) is 0 Å². The van der Waals surface area contributed by atoms with Gasteiger partial charge in [0.15, 0.2) is 11.4 Å². The van der Waals surface area contributed by atoms with Crippen LogP contribution in [0.3, 0.4) is 0 Å². The number of ketones is 1. The highest BCUT2D eigenvalue weighted by atomic mass is 16.6. The summed E-state index contributed by atoms with van der Waals surface area (Å²) in [5, 5.41) is 0. The summed E-state index contributed by atoms with van der Waals surface area (Å²) >= 11 is 0. The molecule has 0 amide bonds. The number of ether oxygens (including phenoxy) is 3. The molecule has 5 heteroatoms. The molecule has 0 heterocycles. The summed E-state index contributed by atoms with van der Waals surface area (Å²) in [6.45, 7) is 21.6. The Hall–Kier alpha value is -3.08. The largest absolute Gasteiger partial charge is 0.493 e. The number of rotatable bonds is 10. The van der Waals surface area contributed by atoms with Crippen LogP contribution in [0.5, 0.6) is 11.5 Å². The first-order valence-electron chi connectivity index (χ1n) is 15.7. The minimum Gasteiger partial charge on any atom is -0.493 e. The van der Waals surface area contributed by atoms with Gasteiger partial charge in [-0.3, -0.25) is 4.79 Å². The molecule has 42 heavy (non-hydrogen) atoms. The summed E-state index contributed by atoms with van der Waals surface area (Å²) < 4.78 is 17.9. The number of allylic oxidation sites excluding steroid dienone is 1. The third-order valence-corrected chi connectivity index (χ3v) is 7.40. The predicted octanol–water partition coefficient (Wildman–Crippen LogP) is 9.69. The third kappa shape index (κ3) is 10.3. The molecule has 0 saturated heterocycles. The van der Waals surface area contributed by atoms with Crippen LogP contribution in [0.4, 0.5) is 0 Å². The Bertz CT molecular complexity index is 1190. The third-order valence-electron chi connectivity index (χ3n) is 7.40. The first-order valence-corrected chi connectivity index (χ1v) is 15.7. The van der Waals surface area contributed by atoms with E-state index in [0.717, 1.165) is 52.5 Å². The van der Waals surface area contributed by atoms with Gasteiger partial charge in [-0.25, -0.2) is 4.79 Å². The normalized spacial score (nSPS) is 14.3. The standard InChI is InChI=1S/C35H48O5.C2H6/c1-23-19-28(20-24(2)32(23)39-35(8,9)33(37)40-34(5,6)7)15-16-30(36)29-21-25(3)31(26(4)22-29)38-18-17-27-13-11-10-12-14-27;1-2/h15-16,19-22,27H,10-14,17-18H2,1-9H3;1-2H3/b16-15+;. The summed E-state index contributed by atoms with van der Waals surface area (Å²) in [6, 6.07) is 7.75. The van der Waals surface area contributed by atoms with Gasteiger partial charge in [0.05, 0.1) is 6.61 Å². The predicted molar refractivity (Wildman–Crippen MR) is 174 cm³/mol. The number of aryl methyl sites for hydroxylation is 4. The zero-order valence-corrected chi connectivity index (χ0v) is 28.0. The van der Waals surface area contributed by atoms with Crippen LogP contribution in [-0.2, 0) is 9.53 Å². The Kier molecular flexibility index (Phi) is 12.9. The van der Waals surface area contributed by atoms with Crippen molar-refractivity contribution in [2.75, 3.05) is 6.61 Å². The van der Waals surface area contributed by atoms with Crippen LogP contribution in [0.15, 0.2) is 30.3 Å². The molecule has 2 aromatic carbocycles. The quantitative estimate of drug-likeness (QED) is 0.160. The highest BCUT2D eigenvalue weighted by molar-refractivity contribution is 6.07. The molecule has 1 fully saturated rings. The summed E-state index contributed by atoms with van der Waals surface area (Å²) in [6.07, 6.45) is 11.2. The molecule has 5 nitrogen and oxygen atoms in total. The molecule has 1 aliphatic rings. The van der Waals surface area contributed by atoms with Crippen LogP contribution in [0.1, 0.15) is 125 Å². The molecule has 1 aliphatic carbocycles. The highest BCUT2D eigenvalue weighted by Crippen LogP contribution is 2.31. The summed E-state index contributed by atoms with van der Waals surface area (Å²) in [4.78, 5) is 25.7. The maximum atomic E-state index is 13.1. The number of carbonyl (C=O) groups is 2. The molecule has 3 rings (SSSR count). The molecule has 1 saturated carbocycles. The molecule has 0 spiro atoms. The minimum absolute atomic E-state index is 0.0540. The highest BCUT2D eigenvalue weighted by Gasteiger charge is 2.35. The summed E-state index contributed by atoms with van der Waals surface area (Å²) in [5.41, 5.74) is 3.54. The van der Waals surface area contributed by atoms with Crippen molar-refractivity contribution < 1.29 is 23.8 Å². The molecule has 0 atom stereocenters. The Morgan fingerprint density at radius 1 is 0.810 bits per heavy atom. The maximum Gasteiger partial charge on any atom is 0.350 e. The van der Waals surface area contributed by atoms with Crippen molar-refractivity contribution in [1.82, 2.24) is 0 Å². The lowest BCUT2D eigenvalue weighted by molar-refractivity contribution is -0.171. The van der Waals surface area contributed by atoms with E-state index in [4.69, 9.17) is 14.2 Å². The topological polar surface area (TPSA) is 61.8 Å². The van der Waals surface area contributed by atoms with Crippen LogP contribution in [-0.4, -0.2) is 29.6 Å². The van der Waals surface area contributed by atoms with E-state index in [1.165, 1.54) is 32.1 Å².